The molecule has 1 aromatic carbocycles. The zero-order valence-corrected chi connectivity index (χ0v) is 20.2. The summed E-state index contributed by atoms with van der Waals surface area (Å²) < 4.78 is 30.3. The molecule has 1 saturated carbocycles. The van der Waals surface area contributed by atoms with Crippen molar-refractivity contribution in [3.63, 3.8) is 0 Å². The standard InChI is InChI=1S/C24H27FN6O2S/c1-23(14-34(27-2)24(22(26)30-23)8-4-5-9-24)16-10-15(6-7-17(16)25)20-11-18(31-33-20)19-12-29-21(32-3)13-28-19/h6-7,10-13H,4-5,8-9,14H2,1-3H3,(H2,26,30)/t23-,34-/m0/s1. The van der Waals surface area contributed by atoms with E-state index in [4.69, 9.17) is 24.3 Å². The van der Waals surface area contributed by atoms with E-state index in [9.17, 15) is 0 Å². The normalized spacial score (nSPS) is 23.9. The second-order valence-electron chi connectivity index (χ2n) is 8.88. The van der Waals surface area contributed by atoms with Crippen molar-refractivity contribution in [2.75, 3.05) is 19.9 Å². The Morgan fingerprint density at radius 2 is 1.94 bits per heavy atom. The fraction of sp³-hybridized carbons (Fsp3) is 0.417. The third-order valence-corrected chi connectivity index (χ3v) is 9.57. The summed E-state index contributed by atoms with van der Waals surface area (Å²) in [6, 6.07) is 6.65. The van der Waals surface area contributed by atoms with E-state index in [1.54, 1.807) is 24.4 Å². The third-order valence-electron chi connectivity index (χ3n) is 6.78. The van der Waals surface area contributed by atoms with Crippen LogP contribution in [0.5, 0.6) is 5.88 Å². The van der Waals surface area contributed by atoms with Gasteiger partial charge in [-0.3, -0.25) is 9.36 Å². The maximum atomic E-state index is 15.2. The molecule has 1 aliphatic carbocycles. The summed E-state index contributed by atoms with van der Waals surface area (Å²) in [5.74, 6) is 1.82. The predicted molar refractivity (Wildman–Crippen MR) is 130 cm³/mol. The Morgan fingerprint density at radius 3 is 2.62 bits per heavy atom. The third kappa shape index (κ3) is 3.70. The molecule has 0 saturated heterocycles. The molecule has 2 atom stereocenters. The smallest absolute Gasteiger partial charge is 0.232 e. The molecule has 10 heteroatoms. The van der Waals surface area contributed by atoms with Gasteiger partial charge in [-0.25, -0.2) is 14.4 Å². The zero-order valence-electron chi connectivity index (χ0n) is 19.4. The van der Waals surface area contributed by atoms with Crippen molar-refractivity contribution in [3.05, 3.63) is 48.0 Å². The second-order valence-corrected chi connectivity index (χ2v) is 11.0. The lowest BCUT2D eigenvalue weighted by molar-refractivity contribution is 0.395. The number of aromatic nitrogens is 3. The van der Waals surface area contributed by atoms with E-state index in [1.165, 1.54) is 19.4 Å². The van der Waals surface area contributed by atoms with Gasteiger partial charge in [0.2, 0.25) is 5.88 Å². The van der Waals surface area contributed by atoms with Gasteiger partial charge in [-0.2, -0.15) is 0 Å². The highest BCUT2D eigenvalue weighted by Crippen LogP contribution is 2.45. The largest absolute Gasteiger partial charge is 0.480 e. The fourth-order valence-corrected chi connectivity index (χ4v) is 7.47. The van der Waals surface area contributed by atoms with E-state index in [1.807, 2.05) is 14.0 Å². The van der Waals surface area contributed by atoms with Crippen molar-refractivity contribution in [1.29, 1.82) is 0 Å². The number of hydrogen-bond acceptors (Lipinski definition) is 8. The van der Waals surface area contributed by atoms with E-state index < -0.39 is 5.54 Å². The molecule has 34 heavy (non-hydrogen) atoms. The van der Waals surface area contributed by atoms with Crippen LogP contribution < -0.4 is 10.5 Å². The van der Waals surface area contributed by atoms with E-state index in [-0.39, 0.29) is 21.3 Å². The van der Waals surface area contributed by atoms with Crippen molar-refractivity contribution in [1.82, 2.24) is 15.1 Å². The minimum absolute atomic E-state index is 0.165. The molecule has 2 aliphatic rings. The number of nitrogens with two attached hydrogens (primary N) is 1. The number of hydrogen-bond donors (Lipinski definition) is 1. The number of methoxy groups -OCH3 is 1. The molecule has 178 valence electrons. The SMILES string of the molecule is CN=[S@]1C[C@@](C)(c2cc(-c3cc(-c4cnc(OC)cn4)no3)ccc2F)N=C(N)C12CCCC2. The molecular weight excluding hydrogens is 455 g/mol. The molecule has 8 nitrogen and oxygen atoms in total. The highest BCUT2D eigenvalue weighted by Gasteiger charge is 2.49. The highest BCUT2D eigenvalue weighted by atomic mass is 32.2. The van der Waals surface area contributed by atoms with Crippen molar-refractivity contribution in [3.8, 4) is 28.6 Å². The van der Waals surface area contributed by atoms with E-state index in [0.717, 1.165) is 25.7 Å². The summed E-state index contributed by atoms with van der Waals surface area (Å²) in [6.07, 6.45) is 7.32. The number of nitrogens with zero attached hydrogens (tertiary/aromatic N) is 5. The molecule has 0 radical (unpaired) electrons. The summed E-state index contributed by atoms with van der Waals surface area (Å²) in [6.45, 7) is 1.94. The molecule has 2 N–H and O–H groups in total. The van der Waals surface area contributed by atoms with E-state index in [2.05, 4.69) is 15.1 Å². The van der Waals surface area contributed by atoms with Crippen LogP contribution in [-0.4, -0.2) is 45.6 Å². The topological polar surface area (TPSA) is 112 Å². The zero-order chi connectivity index (χ0) is 23.9. The second kappa shape index (κ2) is 8.57. The number of amidine groups is 1. The van der Waals surface area contributed by atoms with Gasteiger partial charge >= 0.3 is 0 Å². The van der Waals surface area contributed by atoms with Gasteiger partial charge in [0.1, 0.15) is 23.0 Å². The maximum absolute atomic E-state index is 15.2. The quantitative estimate of drug-likeness (QED) is 0.594. The Bertz CT molecular complexity index is 1280. The van der Waals surface area contributed by atoms with E-state index >= 15 is 4.39 Å². The lowest BCUT2D eigenvalue weighted by Gasteiger charge is -2.42. The minimum Gasteiger partial charge on any atom is -0.480 e. The first kappa shape index (κ1) is 22.6. The Labute approximate surface area is 199 Å². The number of aliphatic imine (C=N–C) groups is 1. The molecule has 1 fully saturated rings. The average molecular weight is 483 g/mol. The number of benzene rings is 1. The number of halogens is 1. The van der Waals surface area contributed by atoms with Crippen LogP contribution in [0.3, 0.4) is 0 Å². The molecule has 5 rings (SSSR count). The van der Waals surface area contributed by atoms with Gasteiger partial charge in [-0.15, -0.1) is 0 Å². The predicted octanol–water partition coefficient (Wildman–Crippen LogP) is 4.28. The summed E-state index contributed by atoms with van der Waals surface area (Å²) in [4.78, 5) is 13.4. The van der Waals surface area contributed by atoms with Crippen molar-refractivity contribution >= 4 is 16.5 Å². The molecule has 0 amide bonds. The Hall–Kier alpha value is -3.14. The van der Waals surface area contributed by atoms with Gasteiger partial charge in [0.05, 0.1) is 29.8 Å². The molecular formula is C24H27FN6O2S. The fourth-order valence-electron chi connectivity index (χ4n) is 4.92. The van der Waals surface area contributed by atoms with Crippen LogP contribution in [0.15, 0.2) is 50.5 Å². The molecule has 1 spiro atoms. The summed E-state index contributed by atoms with van der Waals surface area (Å²) in [7, 11) is 3.04. The van der Waals surface area contributed by atoms with Crippen LogP contribution in [0.2, 0.25) is 0 Å². The first-order valence-electron chi connectivity index (χ1n) is 11.2. The van der Waals surface area contributed by atoms with Gasteiger partial charge in [0.25, 0.3) is 0 Å². The molecule has 3 heterocycles. The van der Waals surface area contributed by atoms with Crippen LogP contribution in [-0.2, 0) is 16.2 Å². The lowest BCUT2D eigenvalue weighted by atomic mass is 9.91. The monoisotopic (exact) mass is 482 g/mol. The van der Waals surface area contributed by atoms with E-state index in [0.29, 0.717) is 45.7 Å². The van der Waals surface area contributed by atoms with Gasteiger partial charge in [-0.1, -0.05) is 28.7 Å². The molecule has 3 aromatic rings. The first-order valence-corrected chi connectivity index (χ1v) is 12.5. The van der Waals surface area contributed by atoms with Crippen LogP contribution in [0.25, 0.3) is 22.7 Å². The maximum Gasteiger partial charge on any atom is 0.232 e. The van der Waals surface area contributed by atoms with Crippen LogP contribution >= 0.6 is 0 Å². The lowest BCUT2D eigenvalue weighted by Crippen LogP contribution is -2.54. The van der Waals surface area contributed by atoms with Crippen molar-refractivity contribution < 1.29 is 13.7 Å². The summed E-state index contributed by atoms with van der Waals surface area (Å²) >= 11 is 0. The Kier molecular flexibility index (Phi) is 5.71. The van der Waals surface area contributed by atoms with Gasteiger partial charge in [0, 0.05) is 30.0 Å². The Balaban J connectivity index is 1.51. The van der Waals surface area contributed by atoms with Crippen LogP contribution in [0.1, 0.15) is 38.2 Å². The molecule has 2 aromatic heterocycles. The molecule has 1 aliphatic heterocycles. The number of ether oxygens (including phenoxy) is 1. The molecule has 0 unspecified atom stereocenters. The van der Waals surface area contributed by atoms with Gasteiger partial charge in [0.15, 0.2) is 5.76 Å². The van der Waals surface area contributed by atoms with Gasteiger partial charge < -0.3 is 15.0 Å². The number of rotatable bonds is 4. The first-order chi connectivity index (χ1) is 16.4. The minimum atomic E-state index is -0.815. The Morgan fingerprint density at radius 1 is 1.15 bits per heavy atom. The average Bonchev–Trinajstić information content (AvgIpc) is 3.53. The van der Waals surface area contributed by atoms with Crippen LogP contribution in [0, 0.1) is 5.82 Å². The van der Waals surface area contributed by atoms with Crippen molar-refractivity contribution in [2.45, 2.75) is 42.9 Å². The summed E-state index contributed by atoms with van der Waals surface area (Å²) in [5.41, 5.74) is 7.99. The van der Waals surface area contributed by atoms with Crippen molar-refractivity contribution in [2.24, 2.45) is 15.1 Å². The van der Waals surface area contributed by atoms with Gasteiger partial charge in [-0.05, 0) is 38.0 Å². The summed E-state index contributed by atoms with van der Waals surface area (Å²) in [5, 5.41) is 4.11. The molecule has 0 bridgehead atoms. The highest BCUT2D eigenvalue weighted by molar-refractivity contribution is 7.89. The van der Waals surface area contributed by atoms with Crippen LogP contribution in [0.4, 0.5) is 4.39 Å².